The summed E-state index contributed by atoms with van der Waals surface area (Å²) in [5, 5.41) is 0. The molecular weight excluding hydrogens is 323 g/mol. The van der Waals surface area contributed by atoms with E-state index in [1.54, 1.807) is 18.2 Å². The van der Waals surface area contributed by atoms with E-state index in [-0.39, 0.29) is 11.2 Å². The Balaban J connectivity index is 2.46. The summed E-state index contributed by atoms with van der Waals surface area (Å²) >= 11 is 0. The van der Waals surface area contributed by atoms with E-state index >= 15 is 0 Å². The molecule has 24 heavy (non-hydrogen) atoms. The second-order valence-electron chi connectivity index (χ2n) is 6.98. The third-order valence-electron chi connectivity index (χ3n) is 4.94. The van der Waals surface area contributed by atoms with Crippen molar-refractivity contribution < 1.29 is 18.8 Å². The molecule has 0 spiro atoms. The molecule has 2 rings (SSSR count). The van der Waals surface area contributed by atoms with Crippen molar-refractivity contribution in [2.75, 3.05) is 20.4 Å². The maximum Gasteiger partial charge on any atom is 0.229 e. The van der Waals surface area contributed by atoms with Gasteiger partial charge in [0.25, 0.3) is 0 Å². The average Bonchev–Trinajstić information content (AvgIpc) is 3.13. The number of carbonyl (C=O) groups is 1. The first-order valence-electron chi connectivity index (χ1n) is 8.78. The van der Waals surface area contributed by atoms with Gasteiger partial charge in [0, 0.05) is 11.8 Å². The molecule has 0 radical (unpaired) electrons. The summed E-state index contributed by atoms with van der Waals surface area (Å²) in [6, 6.07) is 5.25. The number of benzene rings is 1. The van der Waals surface area contributed by atoms with E-state index < -0.39 is 7.14 Å². The van der Waals surface area contributed by atoms with Gasteiger partial charge in [0.2, 0.25) is 5.52 Å². The lowest BCUT2D eigenvalue weighted by Gasteiger charge is -2.25. The van der Waals surface area contributed by atoms with Gasteiger partial charge < -0.3 is 14.0 Å². The first-order chi connectivity index (χ1) is 11.4. The van der Waals surface area contributed by atoms with Crippen LogP contribution in [0.2, 0.25) is 0 Å². The lowest BCUT2D eigenvalue weighted by atomic mass is 10.2. The zero-order valence-corrected chi connectivity index (χ0v) is 16.1. The van der Waals surface area contributed by atoms with Gasteiger partial charge in [-0.2, -0.15) is 0 Å². The second-order valence-corrected chi connectivity index (χ2v) is 10.2. The summed E-state index contributed by atoms with van der Waals surface area (Å²) in [7, 11) is 0.0429. The van der Waals surface area contributed by atoms with E-state index in [0.29, 0.717) is 29.1 Å². The Morgan fingerprint density at radius 1 is 1.17 bits per heavy atom. The Morgan fingerprint density at radius 3 is 2.17 bits per heavy atom. The fraction of sp³-hybridized carbons (Fsp3) is 0.632. The number of carbonyl (C=O) groups excluding carboxylic acids is 1. The van der Waals surface area contributed by atoms with Gasteiger partial charge in [-0.05, 0) is 37.3 Å². The smallest absolute Gasteiger partial charge is 0.229 e. The normalized spacial score (nSPS) is 17.7. The highest BCUT2D eigenvalue weighted by Crippen LogP contribution is 2.60. The summed E-state index contributed by atoms with van der Waals surface area (Å²) in [6.45, 7) is 4.21. The first-order valence-corrected chi connectivity index (χ1v) is 10.7. The Morgan fingerprint density at radius 2 is 1.71 bits per heavy atom. The predicted octanol–water partition coefficient (Wildman–Crippen LogP) is 5.20. The maximum atomic E-state index is 13.9. The number of hydrogen-bond acceptors (Lipinski definition) is 4. The van der Waals surface area contributed by atoms with Crippen LogP contribution in [0, 0.1) is 5.92 Å². The molecule has 0 heterocycles. The van der Waals surface area contributed by atoms with Crippen LogP contribution in [0.5, 0.6) is 11.5 Å². The summed E-state index contributed by atoms with van der Waals surface area (Å²) < 4.78 is 24.6. The minimum atomic E-state index is -3.01. The number of methoxy groups -OCH3 is 2. The zero-order chi connectivity index (χ0) is 17.7. The molecule has 4 nitrogen and oxygen atoms in total. The van der Waals surface area contributed by atoms with Crippen molar-refractivity contribution in [1.82, 2.24) is 0 Å². The Hall–Kier alpha value is -1.28. The van der Waals surface area contributed by atoms with Crippen LogP contribution in [0.15, 0.2) is 18.2 Å². The van der Waals surface area contributed by atoms with Gasteiger partial charge in [-0.1, -0.05) is 32.8 Å². The Bertz CT molecular complexity index is 596. The van der Waals surface area contributed by atoms with Gasteiger partial charge in [-0.3, -0.25) is 4.79 Å². The molecule has 0 aromatic heterocycles. The lowest BCUT2D eigenvalue weighted by Crippen LogP contribution is -2.17. The van der Waals surface area contributed by atoms with E-state index in [1.807, 2.05) is 0 Å². The van der Waals surface area contributed by atoms with E-state index in [2.05, 4.69) is 13.8 Å². The molecule has 1 aliphatic carbocycles. The summed E-state index contributed by atoms with van der Waals surface area (Å²) in [6.07, 6.45) is 5.18. The molecular formula is C19H29O4P. The van der Waals surface area contributed by atoms with Crippen molar-refractivity contribution >= 4 is 12.7 Å². The quantitative estimate of drug-likeness (QED) is 0.604. The van der Waals surface area contributed by atoms with Crippen molar-refractivity contribution in [2.45, 2.75) is 51.6 Å². The molecule has 0 saturated heterocycles. The molecule has 0 N–H and O–H groups in total. The predicted molar refractivity (Wildman–Crippen MR) is 98.1 cm³/mol. The second kappa shape index (κ2) is 8.20. The standard InChI is InChI=1S/C19H29O4P/c1-14(2)12-13-24(21,15-8-5-6-9-15)19(20)18-16(22-3)10-7-11-17(18)23-4/h7,10-11,14-15H,5-6,8-9,12-13H2,1-4H3. The molecule has 1 unspecified atom stereocenters. The number of rotatable bonds is 8. The van der Waals surface area contributed by atoms with Crippen LogP contribution >= 0.6 is 7.14 Å². The van der Waals surface area contributed by atoms with Gasteiger partial charge in [0.1, 0.15) is 17.1 Å². The molecule has 0 bridgehead atoms. The van der Waals surface area contributed by atoms with Crippen molar-refractivity contribution in [2.24, 2.45) is 5.92 Å². The highest BCUT2D eigenvalue weighted by molar-refractivity contribution is 7.81. The van der Waals surface area contributed by atoms with Crippen LogP contribution in [0.1, 0.15) is 56.3 Å². The number of hydrogen-bond donors (Lipinski definition) is 0. The van der Waals surface area contributed by atoms with Crippen LogP contribution in [-0.4, -0.2) is 31.6 Å². The van der Waals surface area contributed by atoms with E-state index in [0.717, 1.165) is 32.1 Å². The largest absolute Gasteiger partial charge is 0.496 e. The molecule has 0 amide bonds. The third-order valence-corrected chi connectivity index (χ3v) is 8.47. The molecule has 1 atom stereocenters. The van der Waals surface area contributed by atoms with Crippen LogP contribution in [0.4, 0.5) is 0 Å². The van der Waals surface area contributed by atoms with E-state index in [1.165, 1.54) is 14.2 Å². The van der Waals surface area contributed by atoms with Crippen LogP contribution in [0.25, 0.3) is 0 Å². The monoisotopic (exact) mass is 352 g/mol. The summed E-state index contributed by atoms with van der Waals surface area (Å²) in [4.78, 5) is 13.4. The fourth-order valence-electron chi connectivity index (χ4n) is 3.47. The average molecular weight is 352 g/mol. The third kappa shape index (κ3) is 3.85. The SMILES string of the molecule is COc1cccc(OC)c1C(=O)P(=O)(CCC(C)C)C1CCCC1. The molecule has 1 fully saturated rings. The van der Waals surface area contributed by atoms with Gasteiger partial charge >= 0.3 is 0 Å². The van der Waals surface area contributed by atoms with Gasteiger partial charge in [0.05, 0.1) is 14.2 Å². The van der Waals surface area contributed by atoms with Crippen molar-refractivity contribution in [3.8, 4) is 11.5 Å². The highest BCUT2D eigenvalue weighted by Gasteiger charge is 2.43. The molecule has 134 valence electrons. The number of ether oxygens (including phenoxy) is 2. The molecule has 1 aromatic carbocycles. The first kappa shape index (κ1) is 19.1. The minimum Gasteiger partial charge on any atom is -0.496 e. The summed E-state index contributed by atoms with van der Waals surface area (Å²) in [5.41, 5.74) is 0.101. The van der Waals surface area contributed by atoms with Gasteiger partial charge in [-0.15, -0.1) is 0 Å². The van der Waals surface area contributed by atoms with Crippen LogP contribution < -0.4 is 9.47 Å². The molecule has 1 saturated carbocycles. The zero-order valence-electron chi connectivity index (χ0n) is 15.2. The fourth-order valence-corrected chi connectivity index (χ4v) is 7.07. The van der Waals surface area contributed by atoms with Gasteiger partial charge in [0.15, 0.2) is 7.14 Å². The van der Waals surface area contributed by atoms with E-state index in [9.17, 15) is 9.36 Å². The van der Waals surface area contributed by atoms with E-state index in [4.69, 9.17) is 9.47 Å². The molecule has 1 aromatic rings. The van der Waals surface area contributed by atoms with Crippen molar-refractivity contribution in [1.29, 1.82) is 0 Å². The van der Waals surface area contributed by atoms with Crippen molar-refractivity contribution in [3.63, 3.8) is 0 Å². The molecule has 0 aliphatic heterocycles. The topological polar surface area (TPSA) is 52.6 Å². The van der Waals surface area contributed by atoms with Crippen molar-refractivity contribution in [3.05, 3.63) is 23.8 Å². The van der Waals surface area contributed by atoms with Gasteiger partial charge in [-0.25, -0.2) is 0 Å². The minimum absolute atomic E-state index is 0.0124. The molecule has 5 heteroatoms. The molecule has 1 aliphatic rings. The Kier molecular flexibility index (Phi) is 6.51. The maximum absolute atomic E-state index is 13.9. The Labute approximate surface area is 145 Å². The highest BCUT2D eigenvalue weighted by atomic mass is 31.2. The van der Waals surface area contributed by atoms with Crippen LogP contribution in [0.3, 0.4) is 0 Å². The van der Waals surface area contributed by atoms with Crippen LogP contribution in [-0.2, 0) is 4.57 Å². The lowest BCUT2D eigenvalue weighted by molar-refractivity contribution is 0.106. The summed E-state index contributed by atoms with van der Waals surface area (Å²) in [5.74, 6) is 1.32.